The summed E-state index contributed by atoms with van der Waals surface area (Å²) in [6.45, 7) is 3.90. The van der Waals surface area contributed by atoms with Crippen molar-refractivity contribution in [3.8, 4) is 5.75 Å². The molecule has 7 nitrogen and oxygen atoms in total. The first-order chi connectivity index (χ1) is 18.3. The van der Waals surface area contributed by atoms with E-state index in [1.165, 1.54) is 12.1 Å². The van der Waals surface area contributed by atoms with Gasteiger partial charge in [-0.15, -0.1) is 0 Å². The Kier molecular flexibility index (Phi) is 9.44. The molecule has 4 rings (SSSR count). The SMILES string of the molecule is COc1ccc(C(=O)N(CCN2CCN(C(=O)Nc3ccc(Cl)cc3Cl)CC2)Cc2ccc(F)cc2)cc1. The highest BCUT2D eigenvalue weighted by atomic mass is 35.5. The molecule has 0 spiro atoms. The van der Waals surface area contributed by atoms with Gasteiger partial charge in [-0.25, -0.2) is 9.18 Å². The molecule has 1 aliphatic heterocycles. The maximum absolute atomic E-state index is 13.4. The van der Waals surface area contributed by atoms with Gasteiger partial charge in [0.15, 0.2) is 0 Å². The van der Waals surface area contributed by atoms with Gasteiger partial charge in [-0.3, -0.25) is 9.69 Å². The lowest BCUT2D eigenvalue weighted by molar-refractivity contribution is 0.0704. The van der Waals surface area contributed by atoms with Crippen LogP contribution in [0, 0.1) is 5.82 Å². The molecule has 3 aromatic rings. The second kappa shape index (κ2) is 13.0. The number of piperazine rings is 1. The van der Waals surface area contributed by atoms with Gasteiger partial charge in [0.2, 0.25) is 0 Å². The van der Waals surface area contributed by atoms with Crippen LogP contribution in [-0.4, -0.2) is 73.0 Å². The fraction of sp³-hybridized carbons (Fsp3) is 0.286. The quantitative estimate of drug-likeness (QED) is 0.389. The number of anilines is 1. The van der Waals surface area contributed by atoms with Gasteiger partial charge in [-0.05, 0) is 60.2 Å². The predicted molar refractivity (Wildman–Crippen MR) is 148 cm³/mol. The molecule has 1 heterocycles. The standard InChI is InChI=1S/C28H29Cl2FN4O3/c1-38-24-9-4-21(5-10-24)27(36)35(19-20-2-7-23(31)8-3-20)17-14-33-12-15-34(16-13-33)28(37)32-26-11-6-22(29)18-25(26)30/h2-11,18H,12-17,19H2,1H3,(H,32,37). The number of carbonyl (C=O) groups is 2. The van der Waals surface area contributed by atoms with Gasteiger partial charge in [-0.1, -0.05) is 35.3 Å². The van der Waals surface area contributed by atoms with Crippen LogP contribution in [-0.2, 0) is 6.54 Å². The minimum absolute atomic E-state index is 0.116. The molecule has 38 heavy (non-hydrogen) atoms. The van der Waals surface area contributed by atoms with E-state index >= 15 is 0 Å². The lowest BCUT2D eigenvalue weighted by Gasteiger charge is -2.36. The summed E-state index contributed by atoms with van der Waals surface area (Å²) in [6.07, 6.45) is 0. The van der Waals surface area contributed by atoms with Gasteiger partial charge in [-0.2, -0.15) is 0 Å². The smallest absolute Gasteiger partial charge is 0.321 e. The Hall–Kier alpha value is -3.33. The number of methoxy groups -OCH3 is 1. The molecule has 0 unspecified atom stereocenters. The maximum atomic E-state index is 13.4. The average molecular weight is 559 g/mol. The highest BCUT2D eigenvalue weighted by Gasteiger charge is 2.23. The topological polar surface area (TPSA) is 65.1 Å². The largest absolute Gasteiger partial charge is 0.497 e. The summed E-state index contributed by atoms with van der Waals surface area (Å²) in [5.74, 6) is 0.240. The Morgan fingerprint density at radius 3 is 2.29 bits per heavy atom. The van der Waals surface area contributed by atoms with Gasteiger partial charge < -0.3 is 19.9 Å². The molecule has 1 aliphatic rings. The summed E-state index contributed by atoms with van der Waals surface area (Å²) in [5.41, 5.74) is 1.91. The van der Waals surface area contributed by atoms with Crippen LogP contribution in [0.4, 0.5) is 14.9 Å². The van der Waals surface area contributed by atoms with Crippen LogP contribution >= 0.6 is 23.2 Å². The molecule has 0 aromatic heterocycles. The summed E-state index contributed by atoms with van der Waals surface area (Å²) in [4.78, 5) is 31.8. The second-order valence-electron chi connectivity index (χ2n) is 8.96. The van der Waals surface area contributed by atoms with E-state index in [0.717, 1.165) is 5.56 Å². The van der Waals surface area contributed by atoms with Crippen LogP contribution in [0.25, 0.3) is 0 Å². The van der Waals surface area contributed by atoms with Gasteiger partial charge in [0.1, 0.15) is 11.6 Å². The Labute approximate surface area is 231 Å². The van der Waals surface area contributed by atoms with Crippen LogP contribution in [0.15, 0.2) is 66.7 Å². The van der Waals surface area contributed by atoms with Crippen LogP contribution in [0.3, 0.4) is 0 Å². The number of carbonyl (C=O) groups excluding carboxylic acids is 2. The number of halogens is 3. The first-order valence-electron chi connectivity index (χ1n) is 12.2. The fourth-order valence-electron chi connectivity index (χ4n) is 4.20. The van der Waals surface area contributed by atoms with Crippen molar-refractivity contribution in [3.63, 3.8) is 0 Å². The number of amides is 3. The molecule has 10 heteroatoms. The van der Waals surface area contributed by atoms with Gasteiger partial charge >= 0.3 is 6.03 Å². The Morgan fingerprint density at radius 2 is 1.66 bits per heavy atom. The third kappa shape index (κ3) is 7.37. The van der Waals surface area contributed by atoms with E-state index < -0.39 is 0 Å². The van der Waals surface area contributed by atoms with Crippen LogP contribution < -0.4 is 10.1 Å². The molecular formula is C28H29Cl2FN4O3. The molecule has 1 fully saturated rings. The van der Waals surface area contributed by atoms with Crippen molar-refractivity contribution in [3.05, 3.63) is 93.7 Å². The summed E-state index contributed by atoms with van der Waals surface area (Å²) >= 11 is 12.1. The second-order valence-corrected chi connectivity index (χ2v) is 9.81. The van der Waals surface area contributed by atoms with Crippen LogP contribution in [0.1, 0.15) is 15.9 Å². The number of rotatable bonds is 8. The number of nitrogens with one attached hydrogen (secondary N) is 1. The predicted octanol–water partition coefficient (Wildman–Crippen LogP) is 5.63. The Bertz CT molecular complexity index is 1250. The molecule has 3 aromatic carbocycles. The van der Waals surface area contributed by atoms with E-state index in [4.69, 9.17) is 27.9 Å². The number of nitrogens with zero attached hydrogens (tertiary/aromatic N) is 3. The van der Waals surface area contributed by atoms with E-state index in [-0.39, 0.29) is 17.8 Å². The summed E-state index contributed by atoms with van der Waals surface area (Å²) in [7, 11) is 1.58. The Balaban J connectivity index is 1.34. The molecule has 0 bridgehead atoms. The third-order valence-electron chi connectivity index (χ3n) is 6.43. The zero-order valence-electron chi connectivity index (χ0n) is 21.0. The molecule has 1 saturated heterocycles. The van der Waals surface area contributed by atoms with Crippen molar-refractivity contribution >= 4 is 40.8 Å². The highest BCUT2D eigenvalue weighted by Crippen LogP contribution is 2.25. The van der Waals surface area contributed by atoms with Crippen LogP contribution in [0.5, 0.6) is 5.75 Å². The monoisotopic (exact) mass is 558 g/mol. The van der Waals surface area contributed by atoms with E-state index in [9.17, 15) is 14.0 Å². The van der Waals surface area contributed by atoms with Crippen LogP contribution in [0.2, 0.25) is 10.0 Å². The van der Waals surface area contributed by atoms with Crippen molar-refractivity contribution in [1.82, 2.24) is 14.7 Å². The lowest BCUT2D eigenvalue weighted by atomic mass is 10.1. The summed E-state index contributed by atoms with van der Waals surface area (Å²) in [5, 5.41) is 3.72. The van der Waals surface area contributed by atoms with Crippen molar-refractivity contribution in [1.29, 1.82) is 0 Å². The van der Waals surface area contributed by atoms with E-state index in [2.05, 4.69) is 10.2 Å². The zero-order valence-corrected chi connectivity index (χ0v) is 22.5. The van der Waals surface area contributed by atoms with E-state index in [0.29, 0.717) is 72.9 Å². The van der Waals surface area contributed by atoms with Gasteiger partial charge in [0, 0.05) is 56.4 Å². The number of hydrogen-bond acceptors (Lipinski definition) is 4. The normalized spacial score (nSPS) is 13.7. The maximum Gasteiger partial charge on any atom is 0.321 e. The van der Waals surface area contributed by atoms with Gasteiger partial charge in [0.05, 0.1) is 17.8 Å². The molecule has 0 radical (unpaired) electrons. The molecule has 200 valence electrons. The third-order valence-corrected chi connectivity index (χ3v) is 6.98. The molecule has 1 N–H and O–H groups in total. The first kappa shape index (κ1) is 27.7. The highest BCUT2D eigenvalue weighted by molar-refractivity contribution is 6.36. The van der Waals surface area contributed by atoms with Gasteiger partial charge in [0.25, 0.3) is 5.91 Å². The minimum Gasteiger partial charge on any atom is -0.497 e. The fourth-order valence-corrected chi connectivity index (χ4v) is 4.66. The minimum atomic E-state index is -0.318. The number of benzene rings is 3. The Morgan fingerprint density at radius 1 is 0.974 bits per heavy atom. The van der Waals surface area contributed by atoms with Crippen molar-refractivity contribution < 1.29 is 18.7 Å². The summed E-state index contributed by atoms with van der Waals surface area (Å²) in [6, 6.07) is 17.9. The molecule has 0 aliphatic carbocycles. The van der Waals surface area contributed by atoms with E-state index in [1.54, 1.807) is 71.5 Å². The summed E-state index contributed by atoms with van der Waals surface area (Å²) < 4.78 is 18.6. The molecular weight excluding hydrogens is 530 g/mol. The lowest BCUT2D eigenvalue weighted by Crippen LogP contribution is -2.51. The van der Waals surface area contributed by atoms with Crippen molar-refractivity contribution in [2.45, 2.75) is 6.54 Å². The zero-order chi connectivity index (χ0) is 27.1. The number of ether oxygens (including phenoxy) is 1. The molecule has 3 amide bonds. The number of urea groups is 1. The number of hydrogen-bond donors (Lipinski definition) is 1. The van der Waals surface area contributed by atoms with E-state index in [1.807, 2.05) is 0 Å². The molecule has 0 saturated carbocycles. The van der Waals surface area contributed by atoms with Crippen molar-refractivity contribution in [2.24, 2.45) is 0 Å². The molecule has 0 atom stereocenters. The average Bonchev–Trinajstić information content (AvgIpc) is 2.93. The first-order valence-corrected chi connectivity index (χ1v) is 13.0. The van der Waals surface area contributed by atoms with Crippen molar-refractivity contribution in [2.75, 3.05) is 51.7 Å².